The van der Waals surface area contributed by atoms with Crippen molar-refractivity contribution in [2.24, 2.45) is 0 Å². The summed E-state index contributed by atoms with van der Waals surface area (Å²) >= 11 is 0. The van der Waals surface area contributed by atoms with Crippen LogP contribution in [0.4, 0.5) is 0 Å². The number of rotatable bonds is 7. The molecule has 1 fully saturated rings. The van der Waals surface area contributed by atoms with Crippen LogP contribution in [0.2, 0.25) is 0 Å². The minimum absolute atomic E-state index is 0.0481. The highest BCUT2D eigenvalue weighted by molar-refractivity contribution is 7.89. The van der Waals surface area contributed by atoms with Crippen molar-refractivity contribution in [1.82, 2.24) is 14.1 Å². The smallest absolute Gasteiger partial charge is 0.253 e. The first-order valence-electron chi connectivity index (χ1n) is 10.5. The van der Waals surface area contributed by atoms with E-state index < -0.39 is 10.0 Å². The fraction of sp³-hybridized carbons (Fsp3) is 0.435. The lowest BCUT2D eigenvalue weighted by molar-refractivity contribution is 0.0495. The molecule has 1 aliphatic rings. The second-order valence-corrected chi connectivity index (χ2v) is 9.61. The third-order valence-electron chi connectivity index (χ3n) is 5.73. The van der Waals surface area contributed by atoms with Gasteiger partial charge in [-0.25, -0.2) is 8.42 Å². The first kappa shape index (κ1) is 22.5. The molecule has 0 aliphatic carbocycles. The van der Waals surface area contributed by atoms with E-state index in [1.807, 2.05) is 36.9 Å². The van der Waals surface area contributed by atoms with Gasteiger partial charge in [-0.3, -0.25) is 9.69 Å². The van der Waals surface area contributed by atoms with Crippen LogP contribution in [-0.2, 0) is 16.6 Å². The Morgan fingerprint density at radius 3 is 2.20 bits per heavy atom. The van der Waals surface area contributed by atoms with Crippen molar-refractivity contribution in [1.29, 1.82) is 0 Å². The molecule has 30 heavy (non-hydrogen) atoms. The first-order chi connectivity index (χ1) is 14.4. The Morgan fingerprint density at radius 1 is 1.00 bits per heavy atom. The monoisotopic (exact) mass is 429 g/mol. The fourth-order valence-corrected chi connectivity index (χ4v) is 5.36. The number of piperazine rings is 1. The van der Waals surface area contributed by atoms with Crippen molar-refractivity contribution in [3.05, 3.63) is 65.7 Å². The number of sulfonamides is 1. The fourth-order valence-electron chi connectivity index (χ4n) is 3.90. The van der Waals surface area contributed by atoms with Crippen LogP contribution in [0.1, 0.15) is 36.7 Å². The van der Waals surface area contributed by atoms with Gasteiger partial charge in [0.2, 0.25) is 10.0 Å². The van der Waals surface area contributed by atoms with E-state index in [-0.39, 0.29) is 16.8 Å². The molecule has 1 amide bonds. The summed E-state index contributed by atoms with van der Waals surface area (Å²) < 4.78 is 26.7. The third-order valence-corrected chi connectivity index (χ3v) is 7.79. The molecular formula is C23H31N3O3S. The van der Waals surface area contributed by atoms with Crippen molar-refractivity contribution < 1.29 is 13.2 Å². The second kappa shape index (κ2) is 9.73. The summed E-state index contributed by atoms with van der Waals surface area (Å²) in [6, 6.07) is 16.9. The lowest BCUT2D eigenvalue weighted by Gasteiger charge is -2.40. The van der Waals surface area contributed by atoms with E-state index >= 15 is 0 Å². The van der Waals surface area contributed by atoms with Crippen LogP contribution in [0, 0.1) is 0 Å². The molecule has 3 rings (SSSR count). The van der Waals surface area contributed by atoms with Crippen molar-refractivity contribution >= 4 is 15.9 Å². The summed E-state index contributed by atoms with van der Waals surface area (Å²) in [5, 5.41) is 0. The van der Waals surface area contributed by atoms with E-state index in [9.17, 15) is 13.2 Å². The molecule has 0 N–H and O–H groups in total. The predicted molar refractivity (Wildman–Crippen MR) is 119 cm³/mol. The Hall–Kier alpha value is -2.22. The molecule has 6 nitrogen and oxygen atoms in total. The summed E-state index contributed by atoms with van der Waals surface area (Å²) in [4.78, 5) is 17.4. The Labute approximate surface area is 180 Å². The number of carbonyl (C=O) groups is 1. The molecule has 1 unspecified atom stereocenters. The lowest BCUT2D eigenvalue weighted by atomic mass is 10.1. The molecule has 7 heteroatoms. The van der Waals surface area contributed by atoms with Gasteiger partial charge in [0.1, 0.15) is 0 Å². The van der Waals surface area contributed by atoms with Crippen LogP contribution >= 0.6 is 0 Å². The van der Waals surface area contributed by atoms with Gasteiger partial charge >= 0.3 is 0 Å². The molecule has 1 atom stereocenters. The molecule has 1 aliphatic heterocycles. The van der Waals surface area contributed by atoms with Gasteiger partial charge in [-0.1, -0.05) is 44.2 Å². The molecule has 2 aromatic carbocycles. The zero-order chi connectivity index (χ0) is 21.7. The predicted octanol–water partition coefficient (Wildman–Crippen LogP) is 3.06. The number of hydrogen-bond acceptors (Lipinski definition) is 4. The number of nitrogens with zero attached hydrogens (tertiary/aromatic N) is 3. The summed E-state index contributed by atoms with van der Waals surface area (Å²) in [6.45, 7) is 9.63. The summed E-state index contributed by atoms with van der Waals surface area (Å²) in [6.07, 6.45) is 0. The summed E-state index contributed by atoms with van der Waals surface area (Å²) in [5.74, 6) is -0.0481. The van der Waals surface area contributed by atoms with E-state index in [2.05, 4.69) is 24.0 Å². The van der Waals surface area contributed by atoms with E-state index in [1.165, 1.54) is 22.0 Å². The third kappa shape index (κ3) is 4.91. The Kier molecular flexibility index (Phi) is 7.28. The molecule has 1 heterocycles. The van der Waals surface area contributed by atoms with Crippen molar-refractivity contribution in [2.45, 2.75) is 38.3 Å². The van der Waals surface area contributed by atoms with Crippen LogP contribution in [0.15, 0.2) is 59.5 Å². The van der Waals surface area contributed by atoms with Crippen molar-refractivity contribution in [2.75, 3.05) is 32.7 Å². The lowest BCUT2D eigenvalue weighted by Crippen LogP contribution is -2.53. The molecule has 0 aromatic heterocycles. The Bertz CT molecular complexity index is 941. The van der Waals surface area contributed by atoms with Crippen LogP contribution < -0.4 is 0 Å². The Balaban J connectivity index is 1.65. The van der Waals surface area contributed by atoms with Gasteiger partial charge in [-0.15, -0.1) is 0 Å². The number of hydrogen-bond donors (Lipinski definition) is 0. The second-order valence-electron chi connectivity index (χ2n) is 7.67. The highest BCUT2D eigenvalue weighted by Gasteiger charge is 2.28. The van der Waals surface area contributed by atoms with Gasteiger partial charge in [0.05, 0.1) is 4.90 Å². The van der Waals surface area contributed by atoms with Crippen LogP contribution in [-0.4, -0.2) is 67.2 Å². The van der Waals surface area contributed by atoms with Gasteiger partial charge < -0.3 is 4.90 Å². The molecule has 0 bridgehead atoms. The minimum Gasteiger partial charge on any atom is -0.336 e. The van der Waals surface area contributed by atoms with Gasteiger partial charge in [-0.05, 0) is 36.8 Å². The SMILES string of the molecule is CCN(CC)S(=O)(=O)c1ccc(C(=O)N2CCN(Cc3ccccc3)C(C)C2)cc1. The Morgan fingerprint density at radius 2 is 1.63 bits per heavy atom. The molecule has 1 saturated heterocycles. The van der Waals surface area contributed by atoms with E-state index in [1.54, 1.807) is 12.1 Å². The molecular weight excluding hydrogens is 398 g/mol. The average Bonchev–Trinajstić information content (AvgIpc) is 2.76. The van der Waals surface area contributed by atoms with Gasteiger partial charge in [0, 0.05) is 50.9 Å². The number of carbonyl (C=O) groups excluding carboxylic acids is 1. The van der Waals surface area contributed by atoms with Gasteiger partial charge in [0.25, 0.3) is 5.91 Å². The van der Waals surface area contributed by atoms with Crippen molar-refractivity contribution in [3.63, 3.8) is 0 Å². The maximum Gasteiger partial charge on any atom is 0.253 e. The highest BCUT2D eigenvalue weighted by atomic mass is 32.2. The van der Waals surface area contributed by atoms with Gasteiger partial charge in [-0.2, -0.15) is 4.31 Å². The molecule has 162 valence electrons. The maximum atomic E-state index is 13.0. The average molecular weight is 430 g/mol. The van der Waals surface area contributed by atoms with Crippen LogP contribution in [0.5, 0.6) is 0 Å². The van der Waals surface area contributed by atoms with Crippen LogP contribution in [0.3, 0.4) is 0 Å². The van der Waals surface area contributed by atoms with Crippen LogP contribution in [0.25, 0.3) is 0 Å². The standard InChI is InChI=1S/C23H31N3O3S/c1-4-26(5-2)30(28,29)22-13-11-21(12-14-22)23(27)25-16-15-24(19(3)17-25)18-20-9-7-6-8-10-20/h6-14,19H,4-5,15-18H2,1-3H3. The van der Waals surface area contributed by atoms with E-state index in [0.717, 1.165) is 13.1 Å². The van der Waals surface area contributed by atoms with Crippen molar-refractivity contribution in [3.8, 4) is 0 Å². The van der Waals surface area contributed by atoms with Gasteiger partial charge in [0.15, 0.2) is 0 Å². The zero-order valence-corrected chi connectivity index (χ0v) is 18.8. The minimum atomic E-state index is -3.51. The number of amides is 1. The van der Waals surface area contributed by atoms with E-state index in [0.29, 0.717) is 31.7 Å². The molecule has 2 aromatic rings. The summed E-state index contributed by atoms with van der Waals surface area (Å²) in [7, 11) is -3.51. The largest absolute Gasteiger partial charge is 0.336 e. The molecule has 0 radical (unpaired) electrons. The quantitative estimate of drug-likeness (QED) is 0.679. The normalized spacial score (nSPS) is 18.0. The summed E-state index contributed by atoms with van der Waals surface area (Å²) in [5.41, 5.74) is 1.80. The maximum absolute atomic E-state index is 13.0. The molecule has 0 saturated carbocycles. The first-order valence-corrected chi connectivity index (χ1v) is 12.0. The topological polar surface area (TPSA) is 60.9 Å². The zero-order valence-electron chi connectivity index (χ0n) is 18.0. The van der Waals surface area contributed by atoms with E-state index in [4.69, 9.17) is 0 Å². The molecule has 0 spiro atoms. The number of benzene rings is 2. The highest BCUT2D eigenvalue weighted by Crippen LogP contribution is 2.19.